The molecule has 1 spiro atoms. The molecule has 8 heteroatoms. The fourth-order valence-electron chi connectivity index (χ4n) is 5.34. The van der Waals surface area contributed by atoms with Gasteiger partial charge in [-0.1, -0.05) is 42.5 Å². The maximum Gasteiger partial charge on any atom is 0.413 e. The Morgan fingerprint density at radius 1 is 1.09 bits per heavy atom. The van der Waals surface area contributed by atoms with Crippen molar-refractivity contribution in [2.45, 2.75) is 43.1 Å². The number of fused-ring (bicyclic) bond motifs is 4. The van der Waals surface area contributed by atoms with Crippen LogP contribution in [0.2, 0.25) is 0 Å². The lowest BCUT2D eigenvalue weighted by Gasteiger charge is -2.48. The van der Waals surface area contributed by atoms with Gasteiger partial charge in [-0.15, -0.1) is 0 Å². The summed E-state index contributed by atoms with van der Waals surface area (Å²) in [7, 11) is 0. The van der Waals surface area contributed by atoms with Crippen LogP contribution >= 0.6 is 0 Å². The topological polar surface area (TPSA) is 70.0 Å². The van der Waals surface area contributed by atoms with E-state index < -0.39 is 35.5 Å². The van der Waals surface area contributed by atoms with Crippen LogP contribution in [0.4, 0.5) is 13.2 Å². The highest BCUT2D eigenvalue weighted by Gasteiger charge is 2.54. The van der Waals surface area contributed by atoms with E-state index in [2.05, 4.69) is 0 Å². The molecule has 0 radical (unpaired) electrons. The zero-order valence-electron chi connectivity index (χ0n) is 19.2. The van der Waals surface area contributed by atoms with Gasteiger partial charge in [-0.25, -0.2) is 0 Å². The van der Waals surface area contributed by atoms with Gasteiger partial charge in [0, 0.05) is 48.5 Å². The van der Waals surface area contributed by atoms with Gasteiger partial charge >= 0.3 is 6.18 Å². The van der Waals surface area contributed by atoms with Crippen molar-refractivity contribution in [1.29, 1.82) is 0 Å². The minimum atomic E-state index is -4.45. The van der Waals surface area contributed by atoms with Crippen molar-refractivity contribution >= 4 is 5.91 Å². The summed E-state index contributed by atoms with van der Waals surface area (Å²) in [5.74, 6) is -0.635. The number of carbonyl (C=O) groups excluding carboxylic acids is 1. The molecule has 0 aromatic heterocycles. The molecule has 1 unspecified atom stereocenters. The van der Waals surface area contributed by atoms with Crippen molar-refractivity contribution in [2.75, 3.05) is 19.7 Å². The number of alkyl halides is 3. The second kappa shape index (κ2) is 8.24. The molecule has 2 atom stereocenters. The first-order valence-electron chi connectivity index (χ1n) is 11.6. The van der Waals surface area contributed by atoms with E-state index in [0.29, 0.717) is 53.9 Å². The lowest BCUT2D eigenvalue weighted by Crippen LogP contribution is -2.53. The van der Waals surface area contributed by atoms with Gasteiger partial charge in [0.05, 0.1) is 6.61 Å². The van der Waals surface area contributed by atoms with E-state index in [1.165, 1.54) is 6.92 Å². The van der Waals surface area contributed by atoms with Crippen molar-refractivity contribution in [3.05, 3.63) is 88.5 Å². The molecule has 5 rings (SSSR count). The van der Waals surface area contributed by atoms with Crippen LogP contribution in [0, 0.1) is 0 Å². The number of aliphatic hydroxyl groups excluding tert-OH is 1. The summed E-state index contributed by atoms with van der Waals surface area (Å²) in [6, 6.07) is 13.3. The summed E-state index contributed by atoms with van der Waals surface area (Å²) in [6.07, 6.45) is -0.976. The molecule has 0 saturated carbocycles. The van der Waals surface area contributed by atoms with Gasteiger partial charge in [-0.05, 0) is 36.3 Å². The molecule has 0 bridgehead atoms. The number of halogens is 3. The third-order valence-electron chi connectivity index (χ3n) is 7.37. The van der Waals surface area contributed by atoms with Crippen LogP contribution in [0.25, 0.3) is 0 Å². The van der Waals surface area contributed by atoms with E-state index in [0.717, 1.165) is 6.08 Å². The first-order valence-corrected chi connectivity index (χ1v) is 11.6. The molecule has 2 aliphatic heterocycles. The maximum absolute atomic E-state index is 13.8. The van der Waals surface area contributed by atoms with Crippen LogP contribution < -0.4 is 4.74 Å². The van der Waals surface area contributed by atoms with Gasteiger partial charge in [0.25, 0.3) is 5.91 Å². The van der Waals surface area contributed by atoms with Crippen LogP contribution in [-0.2, 0) is 5.60 Å². The lowest BCUT2D eigenvalue weighted by molar-refractivity contribution is -0.0959. The van der Waals surface area contributed by atoms with Gasteiger partial charge in [-0.2, -0.15) is 13.2 Å². The average molecular weight is 486 g/mol. The molecule has 3 aliphatic rings. The van der Waals surface area contributed by atoms with Gasteiger partial charge in [-0.3, -0.25) is 4.79 Å². The smallest absolute Gasteiger partial charge is 0.413 e. The molecule has 1 fully saturated rings. The Morgan fingerprint density at radius 3 is 2.37 bits per heavy atom. The Kier molecular flexibility index (Phi) is 5.56. The summed E-state index contributed by atoms with van der Waals surface area (Å²) in [4.78, 5) is 14.8. The summed E-state index contributed by atoms with van der Waals surface area (Å²) in [5, 5.41) is 19.5. The van der Waals surface area contributed by atoms with Crippen molar-refractivity contribution in [1.82, 2.24) is 4.90 Å². The second-order valence-electron chi connectivity index (χ2n) is 9.61. The molecule has 1 saturated heterocycles. The van der Waals surface area contributed by atoms with Crippen molar-refractivity contribution in [2.24, 2.45) is 0 Å². The minimum absolute atomic E-state index is 0.197. The highest BCUT2D eigenvalue weighted by molar-refractivity contribution is 5.94. The van der Waals surface area contributed by atoms with Crippen LogP contribution in [0.5, 0.6) is 5.75 Å². The third kappa shape index (κ3) is 3.94. The van der Waals surface area contributed by atoms with Crippen LogP contribution in [0.3, 0.4) is 0 Å². The van der Waals surface area contributed by atoms with Gasteiger partial charge < -0.3 is 19.8 Å². The average Bonchev–Trinajstić information content (AvgIpc) is 3.32. The van der Waals surface area contributed by atoms with Gasteiger partial charge in [0.1, 0.15) is 17.0 Å². The normalized spacial score (nSPS) is 22.5. The molecule has 2 N–H and O–H groups in total. The first-order chi connectivity index (χ1) is 16.6. The number of benzene rings is 2. The zero-order valence-corrected chi connectivity index (χ0v) is 19.2. The predicted molar refractivity (Wildman–Crippen MR) is 123 cm³/mol. The number of amides is 1. The number of likely N-dealkylation sites (tertiary alicyclic amines) is 1. The van der Waals surface area contributed by atoms with E-state index >= 15 is 0 Å². The summed E-state index contributed by atoms with van der Waals surface area (Å²) >= 11 is 0. The highest BCUT2D eigenvalue weighted by Crippen LogP contribution is 2.56. The molecule has 2 aromatic carbocycles. The molecular weight excluding hydrogens is 459 g/mol. The van der Waals surface area contributed by atoms with E-state index in [9.17, 15) is 28.2 Å². The van der Waals surface area contributed by atoms with E-state index in [4.69, 9.17) is 4.74 Å². The third-order valence-corrected chi connectivity index (χ3v) is 7.37. The number of aliphatic hydroxyl groups is 2. The summed E-state index contributed by atoms with van der Waals surface area (Å²) in [6.45, 7) is 1.71. The molecular formula is C27H26F3NO4. The summed E-state index contributed by atoms with van der Waals surface area (Å²) < 4.78 is 47.9. The van der Waals surface area contributed by atoms with E-state index in [-0.39, 0.29) is 5.91 Å². The maximum atomic E-state index is 13.8. The van der Waals surface area contributed by atoms with Crippen LogP contribution in [0.1, 0.15) is 47.2 Å². The number of hydrogen-bond acceptors (Lipinski definition) is 4. The minimum Gasteiger partial charge on any atom is -0.482 e. The molecule has 2 heterocycles. The number of allylic oxidation sites excluding steroid dienone is 3. The predicted octanol–water partition coefficient (Wildman–Crippen LogP) is 4.47. The Balaban J connectivity index is 1.36. The fourth-order valence-corrected chi connectivity index (χ4v) is 5.34. The zero-order chi connectivity index (χ0) is 25.0. The number of para-hydroxylation sites is 1. The molecule has 2 aromatic rings. The Hall–Kier alpha value is -3.10. The van der Waals surface area contributed by atoms with Crippen molar-refractivity contribution in [3.8, 4) is 5.75 Å². The number of ether oxygens (including phenoxy) is 1. The molecule has 1 aliphatic carbocycles. The van der Waals surface area contributed by atoms with Crippen LogP contribution in [-0.4, -0.2) is 52.5 Å². The number of nitrogens with zero attached hydrogens (tertiary/aromatic N) is 1. The molecule has 5 nitrogen and oxygen atoms in total. The second-order valence-corrected chi connectivity index (χ2v) is 9.61. The quantitative estimate of drug-likeness (QED) is 0.674. The fraction of sp³-hybridized carbons (Fsp3) is 0.370. The summed E-state index contributed by atoms with van der Waals surface area (Å²) in [5.41, 5.74) is -0.831. The number of hydrogen-bond donors (Lipinski definition) is 2. The highest BCUT2D eigenvalue weighted by atomic mass is 19.4. The Bertz CT molecular complexity index is 1210. The molecule has 35 heavy (non-hydrogen) atoms. The van der Waals surface area contributed by atoms with E-state index in [1.807, 2.05) is 0 Å². The SMILES string of the molecule is C[C@](O)(CO)c1ccc(C(=O)N2CCC3(CC2)Oc2ccccc2C2C(C(F)(F)F)=CC=C23)cc1. The van der Waals surface area contributed by atoms with Crippen molar-refractivity contribution < 1.29 is 32.9 Å². The Labute approximate surface area is 201 Å². The largest absolute Gasteiger partial charge is 0.482 e. The lowest BCUT2D eigenvalue weighted by atomic mass is 9.72. The first kappa shape index (κ1) is 23.6. The standard InChI is InChI=1S/C27H26F3NO4/c1-25(34,16-32)18-8-6-17(7-9-18)24(33)31-14-12-26(13-15-31)20-10-11-21(27(28,29)30)23(20)19-4-2-3-5-22(19)35-26/h2-11,23,32,34H,12-16H2,1H3/t23?,25-/m0/s1. The monoisotopic (exact) mass is 485 g/mol. The van der Waals surface area contributed by atoms with Crippen molar-refractivity contribution in [3.63, 3.8) is 0 Å². The Morgan fingerprint density at radius 2 is 1.74 bits per heavy atom. The molecule has 184 valence electrons. The van der Waals surface area contributed by atoms with Gasteiger partial charge in [0.2, 0.25) is 0 Å². The van der Waals surface area contributed by atoms with Crippen LogP contribution in [0.15, 0.2) is 71.8 Å². The number of rotatable bonds is 3. The number of piperidine rings is 1. The number of carbonyl (C=O) groups is 1. The van der Waals surface area contributed by atoms with E-state index in [1.54, 1.807) is 59.5 Å². The molecule has 1 amide bonds. The van der Waals surface area contributed by atoms with Gasteiger partial charge in [0.15, 0.2) is 0 Å².